The summed E-state index contributed by atoms with van der Waals surface area (Å²) in [6, 6.07) is 7.17. The van der Waals surface area contributed by atoms with Crippen molar-refractivity contribution >= 4 is 23.2 Å². The van der Waals surface area contributed by atoms with Crippen LogP contribution in [-0.2, 0) is 11.2 Å². The number of nitrogens with one attached hydrogen (secondary N) is 2. The Morgan fingerprint density at radius 3 is 2.79 bits per heavy atom. The van der Waals surface area contributed by atoms with Crippen molar-refractivity contribution in [3.8, 4) is 0 Å². The molecular formula is C13H14N2O3S. The monoisotopic (exact) mass is 278 g/mol. The Kier molecular flexibility index (Phi) is 4.74. The van der Waals surface area contributed by atoms with Crippen molar-refractivity contribution in [2.75, 3.05) is 0 Å². The van der Waals surface area contributed by atoms with Crippen LogP contribution in [0.4, 0.5) is 0 Å². The standard InChI is InChI=1S/C13H14N2O3S/c16-12(7-1-4-10-5-3-9-19-10)14-15-13(17)11-6-2-8-18-11/h2-3,5-6,8-9H,1,4,7H2,(H,14,16)(H,15,17). The molecule has 0 spiro atoms. The van der Waals surface area contributed by atoms with Crippen LogP contribution < -0.4 is 10.9 Å². The number of amides is 2. The summed E-state index contributed by atoms with van der Waals surface area (Å²) in [5.41, 5.74) is 4.65. The number of rotatable bonds is 5. The second-order valence-electron chi connectivity index (χ2n) is 3.91. The fourth-order valence-corrected chi connectivity index (χ4v) is 2.29. The number of thiophene rings is 1. The van der Waals surface area contributed by atoms with Crippen LogP contribution in [-0.4, -0.2) is 11.8 Å². The molecular weight excluding hydrogens is 264 g/mol. The van der Waals surface area contributed by atoms with Crippen molar-refractivity contribution in [3.05, 3.63) is 46.5 Å². The largest absolute Gasteiger partial charge is 0.459 e. The summed E-state index contributed by atoms with van der Waals surface area (Å²) in [7, 11) is 0. The van der Waals surface area contributed by atoms with Gasteiger partial charge >= 0.3 is 5.91 Å². The van der Waals surface area contributed by atoms with Crippen LogP contribution in [0.2, 0.25) is 0 Å². The Morgan fingerprint density at radius 2 is 2.11 bits per heavy atom. The molecule has 2 aromatic rings. The van der Waals surface area contributed by atoms with Crippen molar-refractivity contribution in [1.82, 2.24) is 10.9 Å². The highest BCUT2D eigenvalue weighted by atomic mass is 32.1. The maximum Gasteiger partial charge on any atom is 0.305 e. The topological polar surface area (TPSA) is 71.3 Å². The SMILES string of the molecule is O=C(CCCc1cccs1)NNC(=O)c1ccco1. The van der Waals surface area contributed by atoms with E-state index in [0.29, 0.717) is 6.42 Å². The average Bonchev–Trinajstić information content (AvgIpc) is 3.08. The quantitative estimate of drug-likeness (QED) is 0.823. The van der Waals surface area contributed by atoms with E-state index >= 15 is 0 Å². The molecule has 0 unspecified atom stereocenters. The average molecular weight is 278 g/mol. The van der Waals surface area contributed by atoms with E-state index in [1.807, 2.05) is 17.5 Å². The Balaban J connectivity index is 1.63. The summed E-state index contributed by atoms with van der Waals surface area (Å²) < 4.78 is 4.90. The van der Waals surface area contributed by atoms with E-state index in [1.165, 1.54) is 17.2 Å². The summed E-state index contributed by atoms with van der Waals surface area (Å²) in [5.74, 6) is -0.507. The van der Waals surface area contributed by atoms with Gasteiger partial charge in [-0.05, 0) is 36.4 Å². The van der Waals surface area contributed by atoms with Gasteiger partial charge in [0.1, 0.15) is 0 Å². The predicted octanol–water partition coefficient (Wildman–Crippen LogP) is 2.12. The molecule has 2 N–H and O–H groups in total. The predicted molar refractivity (Wildman–Crippen MR) is 71.6 cm³/mol. The van der Waals surface area contributed by atoms with Crippen molar-refractivity contribution in [2.24, 2.45) is 0 Å². The third kappa shape index (κ3) is 4.26. The third-order valence-corrected chi connectivity index (χ3v) is 3.40. The minimum atomic E-state index is -0.461. The fourth-order valence-electron chi connectivity index (χ4n) is 1.54. The molecule has 0 bridgehead atoms. The maximum absolute atomic E-state index is 11.5. The Bertz CT molecular complexity index is 520. The normalized spacial score (nSPS) is 10.1. The van der Waals surface area contributed by atoms with Gasteiger partial charge in [-0.3, -0.25) is 20.4 Å². The Labute approximate surface area is 114 Å². The van der Waals surface area contributed by atoms with Gasteiger partial charge in [-0.2, -0.15) is 0 Å². The summed E-state index contributed by atoms with van der Waals surface area (Å²) in [5, 5.41) is 2.01. The van der Waals surface area contributed by atoms with Crippen LogP contribution in [0.3, 0.4) is 0 Å². The molecule has 0 atom stereocenters. The van der Waals surface area contributed by atoms with E-state index in [9.17, 15) is 9.59 Å². The van der Waals surface area contributed by atoms with Gasteiger partial charge in [0, 0.05) is 11.3 Å². The van der Waals surface area contributed by atoms with Crippen LogP contribution in [0.15, 0.2) is 40.3 Å². The molecule has 6 heteroatoms. The minimum Gasteiger partial charge on any atom is -0.459 e. The first-order chi connectivity index (χ1) is 9.25. The lowest BCUT2D eigenvalue weighted by Gasteiger charge is -2.05. The zero-order valence-electron chi connectivity index (χ0n) is 10.2. The first-order valence-electron chi connectivity index (χ1n) is 5.91. The number of aryl methyl sites for hydroxylation is 1. The van der Waals surface area contributed by atoms with Gasteiger partial charge in [0.15, 0.2) is 5.76 Å². The summed E-state index contributed by atoms with van der Waals surface area (Å²) in [6.45, 7) is 0. The lowest BCUT2D eigenvalue weighted by molar-refractivity contribution is -0.121. The minimum absolute atomic E-state index is 0.166. The summed E-state index contributed by atoms with van der Waals surface area (Å²) in [4.78, 5) is 24.2. The number of carbonyl (C=O) groups is 2. The first kappa shape index (κ1) is 13.4. The van der Waals surface area contributed by atoms with Gasteiger partial charge < -0.3 is 4.42 Å². The molecule has 0 aliphatic carbocycles. The number of hydrazine groups is 1. The molecule has 0 saturated heterocycles. The van der Waals surface area contributed by atoms with Gasteiger partial charge in [-0.25, -0.2) is 0 Å². The van der Waals surface area contributed by atoms with Crippen LogP contribution in [0, 0.1) is 0 Å². The molecule has 2 heterocycles. The first-order valence-corrected chi connectivity index (χ1v) is 6.79. The highest BCUT2D eigenvalue weighted by molar-refractivity contribution is 7.09. The number of furan rings is 1. The Hall–Kier alpha value is -2.08. The second kappa shape index (κ2) is 6.75. The van der Waals surface area contributed by atoms with Crippen molar-refractivity contribution < 1.29 is 14.0 Å². The van der Waals surface area contributed by atoms with Crippen molar-refractivity contribution in [1.29, 1.82) is 0 Å². The molecule has 5 nitrogen and oxygen atoms in total. The highest BCUT2D eigenvalue weighted by Gasteiger charge is 2.09. The number of hydrogen-bond donors (Lipinski definition) is 2. The lowest BCUT2D eigenvalue weighted by atomic mass is 10.2. The molecule has 19 heavy (non-hydrogen) atoms. The number of carbonyl (C=O) groups excluding carboxylic acids is 2. The fraction of sp³-hybridized carbons (Fsp3) is 0.231. The van der Waals surface area contributed by atoms with Crippen molar-refractivity contribution in [3.63, 3.8) is 0 Å². The lowest BCUT2D eigenvalue weighted by Crippen LogP contribution is -2.41. The van der Waals surface area contributed by atoms with E-state index in [2.05, 4.69) is 10.9 Å². The van der Waals surface area contributed by atoms with Gasteiger partial charge in [0.2, 0.25) is 5.91 Å². The van der Waals surface area contributed by atoms with E-state index < -0.39 is 5.91 Å². The van der Waals surface area contributed by atoms with Crippen LogP contribution in [0.5, 0.6) is 0 Å². The van der Waals surface area contributed by atoms with Crippen molar-refractivity contribution in [2.45, 2.75) is 19.3 Å². The van der Waals surface area contributed by atoms with Gasteiger partial charge in [-0.1, -0.05) is 6.07 Å². The molecule has 2 rings (SSSR count). The number of hydrogen-bond acceptors (Lipinski definition) is 4. The molecule has 0 radical (unpaired) electrons. The summed E-state index contributed by atoms with van der Waals surface area (Å²) in [6.07, 6.45) is 3.40. The van der Waals surface area contributed by atoms with E-state index in [-0.39, 0.29) is 11.7 Å². The van der Waals surface area contributed by atoms with E-state index in [0.717, 1.165) is 12.8 Å². The van der Waals surface area contributed by atoms with Crippen LogP contribution in [0.25, 0.3) is 0 Å². The highest BCUT2D eigenvalue weighted by Crippen LogP contribution is 2.11. The van der Waals surface area contributed by atoms with Crippen LogP contribution in [0.1, 0.15) is 28.3 Å². The zero-order valence-corrected chi connectivity index (χ0v) is 11.0. The second-order valence-corrected chi connectivity index (χ2v) is 4.94. The summed E-state index contributed by atoms with van der Waals surface area (Å²) >= 11 is 1.68. The van der Waals surface area contributed by atoms with Crippen LogP contribution >= 0.6 is 11.3 Å². The van der Waals surface area contributed by atoms with Gasteiger partial charge in [-0.15, -0.1) is 11.3 Å². The molecule has 0 aromatic carbocycles. The van der Waals surface area contributed by atoms with E-state index in [4.69, 9.17) is 4.42 Å². The molecule has 0 aliphatic heterocycles. The van der Waals surface area contributed by atoms with E-state index in [1.54, 1.807) is 17.4 Å². The van der Waals surface area contributed by atoms with Gasteiger partial charge in [0.25, 0.3) is 0 Å². The molecule has 2 amide bonds. The molecule has 0 saturated carbocycles. The maximum atomic E-state index is 11.5. The molecule has 0 aliphatic rings. The van der Waals surface area contributed by atoms with Gasteiger partial charge in [0.05, 0.1) is 6.26 Å². The smallest absolute Gasteiger partial charge is 0.305 e. The molecule has 0 fully saturated rings. The third-order valence-electron chi connectivity index (χ3n) is 2.47. The Morgan fingerprint density at radius 1 is 1.21 bits per heavy atom. The molecule has 100 valence electrons. The molecule has 2 aromatic heterocycles. The zero-order chi connectivity index (χ0) is 13.5.